The Bertz CT molecular complexity index is 510. The van der Waals surface area contributed by atoms with Gasteiger partial charge in [0, 0.05) is 6.07 Å². The average molecular weight is 249 g/mol. The molecule has 0 atom stereocenters. The molecular formula is C12H15N3OS. The van der Waals surface area contributed by atoms with Gasteiger partial charge >= 0.3 is 0 Å². The molecule has 0 bridgehead atoms. The number of anilines is 1. The molecule has 0 unspecified atom stereocenters. The molecule has 4 nitrogen and oxygen atoms in total. The maximum atomic E-state index is 5.96. The molecule has 5 heteroatoms. The van der Waals surface area contributed by atoms with Crippen LogP contribution in [0.1, 0.15) is 6.92 Å². The summed E-state index contributed by atoms with van der Waals surface area (Å²) in [6.45, 7) is 2.09. The first-order valence-corrected chi connectivity index (χ1v) is 6.36. The Balaban J connectivity index is 2.45. The smallest absolute Gasteiger partial charge is 0.144 e. The van der Waals surface area contributed by atoms with Crippen molar-refractivity contribution in [3.63, 3.8) is 0 Å². The molecule has 1 heterocycles. The van der Waals surface area contributed by atoms with Gasteiger partial charge in [0.2, 0.25) is 0 Å². The highest BCUT2D eigenvalue weighted by molar-refractivity contribution is 7.99. The van der Waals surface area contributed by atoms with Crippen molar-refractivity contribution in [3.05, 3.63) is 30.3 Å². The fourth-order valence-electron chi connectivity index (χ4n) is 1.59. The van der Waals surface area contributed by atoms with Gasteiger partial charge in [0.1, 0.15) is 22.3 Å². The molecule has 0 radical (unpaired) electrons. The van der Waals surface area contributed by atoms with E-state index < -0.39 is 0 Å². The summed E-state index contributed by atoms with van der Waals surface area (Å²) in [7, 11) is 1.64. The molecule has 2 N–H and O–H groups in total. The van der Waals surface area contributed by atoms with Gasteiger partial charge in [-0.3, -0.25) is 0 Å². The third-order valence-electron chi connectivity index (χ3n) is 2.32. The van der Waals surface area contributed by atoms with E-state index in [-0.39, 0.29) is 0 Å². The van der Waals surface area contributed by atoms with Gasteiger partial charge in [-0.15, -0.1) is 11.8 Å². The summed E-state index contributed by atoms with van der Waals surface area (Å²) < 4.78 is 7.01. The van der Waals surface area contributed by atoms with E-state index in [0.717, 1.165) is 22.2 Å². The Morgan fingerprint density at radius 1 is 1.41 bits per heavy atom. The number of benzene rings is 1. The molecule has 0 aliphatic carbocycles. The van der Waals surface area contributed by atoms with Crippen LogP contribution in [0.25, 0.3) is 5.69 Å². The second-order valence-electron chi connectivity index (χ2n) is 3.42. The molecule has 17 heavy (non-hydrogen) atoms. The van der Waals surface area contributed by atoms with E-state index in [1.165, 1.54) is 0 Å². The number of hydrogen-bond donors (Lipinski definition) is 1. The minimum absolute atomic E-state index is 0.616. The van der Waals surface area contributed by atoms with Crippen LogP contribution in [0.15, 0.2) is 35.4 Å². The van der Waals surface area contributed by atoms with Crippen molar-refractivity contribution < 1.29 is 4.74 Å². The molecule has 90 valence electrons. The highest BCUT2D eigenvalue weighted by atomic mass is 32.2. The zero-order valence-electron chi connectivity index (χ0n) is 9.88. The minimum Gasteiger partial charge on any atom is -0.494 e. The predicted molar refractivity (Wildman–Crippen MR) is 70.9 cm³/mol. The monoisotopic (exact) mass is 249 g/mol. The largest absolute Gasteiger partial charge is 0.494 e. The number of nitrogen functional groups attached to an aromatic ring is 1. The maximum absolute atomic E-state index is 5.96. The number of nitrogens with two attached hydrogens (primary N) is 1. The summed E-state index contributed by atoms with van der Waals surface area (Å²) in [6.07, 6.45) is 0. The quantitative estimate of drug-likeness (QED) is 0.846. The SMILES string of the molecule is CCSc1cc(N)n(-c2ccccc2OC)n1. The van der Waals surface area contributed by atoms with Crippen molar-refractivity contribution >= 4 is 17.6 Å². The number of aromatic nitrogens is 2. The van der Waals surface area contributed by atoms with Gasteiger partial charge in [-0.2, -0.15) is 5.10 Å². The normalized spacial score (nSPS) is 10.5. The average Bonchev–Trinajstić information content (AvgIpc) is 2.70. The van der Waals surface area contributed by atoms with Crippen LogP contribution in [-0.2, 0) is 0 Å². The van der Waals surface area contributed by atoms with Crippen molar-refractivity contribution in [3.8, 4) is 11.4 Å². The molecule has 0 saturated carbocycles. The standard InChI is InChI=1S/C12H15N3OS/c1-3-17-12-8-11(13)15(14-12)9-6-4-5-7-10(9)16-2/h4-8H,3,13H2,1-2H3. The summed E-state index contributed by atoms with van der Waals surface area (Å²) in [6, 6.07) is 9.56. The van der Waals surface area contributed by atoms with Crippen LogP contribution in [0.5, 0.6) is 5.75 Å². The third kappa shape index (κ3) is 2.39. The van der Waals surface area contributed by atoms with E-state index in [4.69, 9.17) is 10.5 Å². The van der Waals surface area contributed by atoms with Gasteiger partial charge in [0.15, 0.2) is 0 Å². The van der Waals surface area contributed by atoms with E-state index in [1.807, 2.05) is 30.3 Å². The van der Waals surface area contributed by atoms with E-state index in [9.17, 15) is 0 Å². The van der Waals surface area contributed by atoms with Crippen LogP contribution in [0, 0.1) is 0 Å². The van der Waals surface area contributed by atoms with Gasteiger partial charge in [0.25, 0.3) is 0 Å². The number of ether oxygens (including phenoxy) is 1. The summed E-state index contributed by atoms with van der Waals surface area (Å²) in [4.78, 5) is 0. The molecule has 0 spiro atoms. The Morgan fingerprint density at radius 2 is 2.18 bits per heavy atom. The minimum atomic E-state index is 0.616. The molecule has 0 fully saturated rings. The van der Waals surface area contributed by atoms with Crippen LogP contribution >= 0.6 is 11.8 Å². The van der Waals surface area contributed by atoms with Crippen LogP contribution in [0.4, 0.5) is 5.82 Å². The first kappa shape index (κ1) is 11.9. The zero-order chi connectivity index (χ0) is 12.3. The highest BCUT2D eigenvalue weighted by Crippen LogP contribution is 2.27. The molecule has 1 aromatic carbocycles. The topological polar surface area (TPSA) is 53.1 Å². The highest BCUT2D eigenvalue weighted by Gasteiger charge is 2.10. The Hall–Kier alpha value is -1.62. The Labute approximate surface area is 105 Å². The van der Waals surface area contributed by atoms with E-state index in [1.54, 1.807) is 23.6 Å². The number of rotatable bonds is 4. The summed E-state index contributed by atoms with van der Waals surface area (Å²) in [5.74, 6) is 2.35. The lowest BCUT2D eigenvalue weighted by molar-refractivity contribution is 0.411. The van der Waals surface area contributed by atoms with E-state index in [0.29, 0.717) is 5.82 Å². The lowest BCUT2D eigenvalue weighted by Gasteiger charge is -2.08. The first-order chi connectivity index (χ1) is 8.26. The zero-order valence-corrected chi connectivity index (χ0v) is 10.7. The van der Waals surface area contributed by atoms with Crippen molar-refractivity contribution in [1.82, 2.24) is 9.78 Å². The lowest BCUT2D eigenvalue weighted by Crippen LogP contribution is -2.03. The molecule has 0 saturated heterocycles. The summed E-state index contributed by atoms with van der Waals surface area (Å²) in [5, 5.41) is 5.38. The molecule has 0 aliphatic heterocycles. The maximum Gasteiger partial charge on any atom is 0.144 e. The molecule has 0 amide bonds. The second kappa shape index (κ2) is 5.14. The van der Waals surface area contributed by atoms with Crippen molar-refractivity contribution in [2.45, 2.75) is 11.9 Å². The Kier molecular flexibility index (Phi) is 3.58. The first-order valence-electron chi connectivity index (χ1n) is 5.38. The predicted octanol–water partition coefficient (Wildman–Crippen LogP) is 2.58. The van der Waals surface area contributed by atoms with Crippen LogP contribution in [0.2, 0.25) is 0 Å². The van der Waals surface area contributed by atoms with Crippen LogP contribution in [-0.4, -0.2) is 22.6 Å². The van der Waals surface area contributed by atoms with Crippen molar-refractivity contribution in [2.75, 3.05) is 18.6 Å². The number of thioether (sulfide) groups is 1. The van der Waals surface area contributed by atoms with E-state index in [2.05, 4.69) is 12.0 Å². The third-order valence-corrected chi connectivity index (χ3v) is 3.10. The van der Waals surface area contributed by atoms with Gasteiger partial charge < -0.3 is 10.5 Å². The van der Waals surface area contributed by atoms with Crippen LogP contribution in [0.3, 0.4) is 0 Å². The number of hydrogen-bond acceptors (Lipinski definition) is 4. The Morgan fingerprint density at radius 3 is 2.88 bits per heavy atom. The van der Waals surface area contributed by atoms with Gasteiger partial charge in [0.05, 0.1) is 7.11 Å². The summed E-state index contributed by atoms with van der Waals surface area (Å²) >= 11 is 1.67. The van der Waals surface area contributed by atoms with Crippen LogP contribution < -0.4 is 10.5 Å². The molecule has 1 aromatic heterocycles. The van der Waals surface area contributed by atoms with Gasteiger partial charge in [-0.05, 0) is 17.9 Å². The number of methoxy groups -OCH3 is 1. The second-order valence-corrected chi connectivity index (χ2v) is 4.71. The number of nitrogens with zero attached hydrogens (tertiary/aromatic N) is 2. The molecule has 2 aromatic rings. The fraction of sp³-hybridized carbons (Fsp3) is 0.250. The van der Waals surface area contributed by atoms with Crippen molar-refractivity contribution in [1.29, 1.82) is 0 Å². The number of para-hydroxylation sites is 2. The van der Waals surface area contributed by atoms with E-state index >= 15 is 0 Å². The van der Waals surface area contributed by atoms with Gasteiger partial charge in [-0.25, -0.2) is 4.68 Å². The lowest BCUT2D eigenvalue weighted by atomic mass is 10.3. The molecule has 2 rings (SSSR count). The summed E-state index contributed by atoms with van der Waals surface area (Å²) in [5.41, 5.74) is 6.82. The van der Waals surface area contributed by atoms with Crippen molar-refractivity contribution in [2.24, 2.45) is 0 Å². The van der Waals surface area contributed by atoms with Gasteiger partial charge in [-0.1, -0.05) is 19.1 Å². The fourth-order valence-corrected chi connectivity index (χ4v) is 2.23. The molecule has 0 aliphatic rings. The molecular weight excluding hydrogens is 234 g/mol.